The molecule has 1 atom stereocenters. The fourth-order valence-corrected chi connectivity index (χ4v) is 2.50. The number of carbonyl (C=O) groups is 1. The highest BCUT2D eigenvalue weighted by molar-refractivity contribution is 5.66. The van der Waals surface area contributed by atoms with Crippen molar-refractivity contribution in [1.82, 2.24) is 14.9 Å². The highest BCUT2D eigenvalue weighted by Gasteiger charge is 2.38. The Morgan fingerprint density at radius 1 is 1.38 bits per heavy atom. The second-order valence-corrected chi connectivity index (χ2v) is 6.18. The third kappa shape index (κ3) is 3.21. The van der Waals surface area contributed by atoms with E-state index < -0.39 is 6.09 Å². The molecule has 0 saturated carbocycles. The molecule has 1 saturated heterocycles. The van der Waals surface area contributed by atoms with Crippen LogP contribution in [0.3, 0.4) is 0 Å². The maximum absolute atomic E-state index is 11.4. The molecule has 0 spiro atoms. The van der Waals surface area contributed by atoms with Crippen LogP contribution in [0.25, 0.3) is 0 Å². The number of hydrogen-bond donors (Lipinski definition) is 1. The summed E-state index contributed by atoms with van der Waals surface area (Å²) in [5, 5.41) is 18.1. The van der Waals surface area contributed by atoms with E-state index in [9.17, 15) is 9.90 Å². The van der Waals surface area contributed by atoms with Gasteiger partial charge in [0.25, 0.3) is 0 Å². The van der Waals surface area contributed by atoms with Crippen molar-refractivity contribution in [2.45, 2.75) is 26.8 Å². The molecule has 1 N–H and O–H groups in total. The number of nitriles is 1. The molecule has 1 unspecified atom stereocenters. The number of piperazine rings is 1. The van der Waals surface area contributed by atoms with E-state index in [-0.39, 0.29) is 17.2 Å². The molecule has 7 heteroatoms. The summed E-state index contributed by atoms with van der Waals surface area (Å²) in [6, 6.07) is 1.81. The molecule has 0 bridgehead atoms. The van der Waals surface area contributed by atoms with Gasteiger partial charge in [-0.25, -0.2) is 14.8 Å². The van der Waals surface area contributed by atoms with E-state index in [0.29, 0.717) is 25.5 Å². The lowest BCUT2D eigenvalue weighted by Gasteiger charge is -2.46. The molecule has 1 fully saturated rings. The molecular formula is C14H19N5O2. The van der Waals surface area contributed by atoms with Crippen molar-refractivity contribution >= 4 is 11.9 Å². The number of nitrogens with zero attached hydrogens (tertiary/aromatic N) is 5. The summed E-state index contributed by atoms with van der Waals surface area (Å²) in [7, 11) is 0. The Bertz CT molecular complexity index is 558. The Kier molecular flexibility index (Phi) is 3.98. The topological polar surface area (TPSA) is 93.4 Å². The minimum Gasteiger partial charge on any atom is -0.465 e. The van der Waals surface area contributed by atoms with E-state index in [0.717, 1.165) is 0 Å². The number of anilines is 1. The fraction of sp³-hybridized carbons (Fsp3) is 0.571. The molecule has 1 aromatic rings. The molecule has 1 aliphatic rings. The van der Waals surface area contributed by atoms with Gasteiger partial charge in [-0.2, -0.15) is 5.26 Å². The Hall–Kier alpha value is -2.36. The first kappa shape index (κ1) is 15.0. The van der Waals surface area contributed by atoms with E-state index in [1.807, 2.05) is 31.7 Å². The summed E-state index contributed by atoms with van der Waals surface area (Å²) >= 11 is 0. The zero-order valence-corrected chi connectivity index (χ0v) is 12.4. The van der Waals surface area contributed by atoms with Crippen LogP contribution in [0.4, 0.5) is 10.6 Å². The predicted octanol–water partition coefficient (Wildman–Crippen LogP) is 1.56. The van der Waals surface area contributed by atoms with Crippen molar-refractivity contribution < 1.29 is 9.90 Å². The molecule has 1 amide bonds. The number of aromatic nitrogens is 2. The van der Waals surface area contributed by atoms with Crippen LogP contribution in [0.2, 0.25) is 0 Å². The number of amides is 1. The molecule has 21 heavy (non-hydrogen) atoms. The van der Waals surface area contributed by atoms with E-state index in [1.54, 1.807) is 6.20 Å². The quantitative estimate of drug-likeness (QED) is 0.843. The normalized spacial score (nSPS) is 19.2. The minimum absolute atomic E-state index is 0.124. The smallest absolute Gasteiger partial charge is 0.407 e. The molecule has 1 aromatic heterocycles. The Morgan fingerprint density at radius 3 is 2.57 bits per heavy atom. The van der Waals surface area contributed by atoms with Crippen molar-refractivity contribution in [3.63, 3.8) is 0 Å². The molecule has 2 heterocycles. The average molecular weight is 289 g/mol. The highest BCUT2D eigenvalue weighted by Crippen LogP contribution is 2.29. The molecule has 1 aliphatic heterocycles. The SMILES string of the molecule is CC(C)(C)C1CN(c2cnc(C#N)cn2)CCN1C(=O)O. The van der Waals surface area contributed by atoms with Crippen LogP contribution in [0, 0.1) is 16.7 Å². The Labute approximate surface area is 123 Å². The van der Waals surface area contributed by atoms with Crippen LogP contribution in [0.1, 0.15) is 26.5 Å². The van der Waals surface area contributed by atoms with Crippen molar-refractivity contribution in [1.29, 1.82) is 5.26 Å². The van der Waals surface area contributed by atoms with Gasteiger partial charge in [-0.3, -0.25) is 0 Å². The lowest BCUT2D eigenvalue weighted by atomic mass is 9.84. The van der Waals surface area contributed by atoms with Crippen molar-refractivity contribution in [2.24, 2.45) is 5.41 Å². The van der Waals surface area contributed by atoms with Gasteiger partial charge in [-0.05, 0) is 5.41 Å². The van der Waals surface area contributed by atoms with Gasteiger partial charge in [0.05, 0.1) is 18.4 Å². The van der Waals surface area contributed by atoms with Gasteiger partial charge in [0.15, 0.2) is 5.69 Å². The third-order valence-corrected chi connectivity index (χ3v) is 3.70. The van der Waals surface area contributed by atoms with Gasteiger partial charge in [0, 0.05) is 19.6 Å². The van der Waals surface area contributed by atoms with Gasteiger partial charge in [-0.15, -0.1) is 0 Å². The summed E-state index contributed by atoms with van der Waals surface area (Å²) in [6.45, 7) is 7.65. The summed E-state index contributed by atoms with van der Waals surface area (Å²) in [6.07, 6.45) is 2.11. The van der Waals surface area contributed by atoms with Gasteiger partial charge < -0.3 is 14.9 Å². The fourth-order valence-electron chi connectivity index (χ4n) is 2.50. The van der Waals surface area contributed by atoms with Crippen LogP contribution in [0.15, 0.2) is 12.4 Å². The van der Waals surface area contributed by atoms with Gasteiger partial charge >= 0.3 is 6.09 Å². The molecule has 0 aromatic carbocycles. The van der Waals surface area contributed by atoms with Crippen LogP contribution in [-0.4, -0.2) is 51.7 Å². The monoisotopic (exact) mass is 289 g/mol. The lowest BCUT2D eigenvalue weighted by Crippen LogP contribution is -2.59. The van der Waals surface area contributed by atoms with Crippen molar-refractivity contribution in [2.75, 3.05) is 24.5 Å². The van der Waals surface area contributed by atoms with Gasteiger partial charge in [-0.1, -0.05) is 20.8 Å². The second kappa shape index (κ2) is 5.56. The second-order valence-electron chi connectivity index (χ2n) is 6.18. The largest absolute Gasteiger partial charge is 0.465 e. The zero-order chi connectivity index (χ0) is 15.6. The van der Waals surface area contributed by atoms with Crippen LogP contribution < -0.4 is 4.90 Å². The minimum atomic E-state index is -0.888. The van der Waals surface area contributed by atoms with E-state index >= 15 is 0 Å². The first-order valence-electron chi connectivity index (χ1n) is 6.79. The molecule has 0 aliphatic carbocycles. The summed E-state index contributed by atoms with van der Waals surface area (Å²) in [5.74, 6) is 0.674. The number of rotatable bonds is 1. The summed E-state index contributed by atoms with van der Waals surface area (Å²) < 4.78 is 0. The highest BCUT2D eigenvalue weighted by atomic mass is 16.4. The van der Waals surface area contributed by atoms with Crippen molar-refractivity contribution in [3.8, 4) is 6.07 Å². The Morgan fingerprint density at radius 2 is 2.10 bits per heavy atom. The zero-order valence-electron chi connectivity index (χ0n) is 12.4. The average Bonchev–Trinajstić information content (AvgIpc) is 2.45. The van der Waals surface area contributed by atoms with Crippen molar-refractivity contribution in [3.05, 3.63) is 18.1 Å². The van der Waals surface area contributed by atoms with Crippen LogP contribution >= 0.6 is 0 Å². The predicted molar refractivity (Wildman–Crippen MR) is 76.9 cm³/mol. The molecular weight excluding hydrogens is 270 g/mol. The molecule has 0 radical (unpaired) electrons. The van der Waals surface area contributed by atoms with Crippen LogP contribution in [-0.2, 0) is 0 Å². The van der Waals surface area contributed by atoms with E-state index in [4.69, 9.17) is 5.26 Å². The summed E-state index contributed by atoms with van der Waals surface area (Å²) in [5.41, 5.74) is 0.104. The number of hydrogen-bond acceptors (Lipinski definition) is 5. The van der Waals surface area contributed by atoms with E-state index in [1.165, 1.54) is 11.1 Å². The lowest BCUT2D eigenvalue weighted by molar-refractivity contribution is 0.0747. The molecule has 112 valence electrons. The Balaban J connectivity index is 2.21. The standard InChI is InChI=1S/C14H19N5O2/c1-14(2,3)11-9-18(4-5-19(11)13(20)21)12-8-16-10(6-15)7-17-12/h7-8,11H,4-5,9H2,1-3H3,(H,20,21). The number of carboxylic acid groups (broad SMARTS) is 1. The molecule has 7 nitrogen and oxygen atoms in total. The maximum Gasteiger partial charge on any atom is 0.407 e. The third-order valence-electron chi connectivity index (χ3n) is 3.70. The van der Waals surface area contributed by atoms with Gasteiger partial charge in [0.2, 0.25) is 0 Å². The molecule has 2 rings (SSSR count). The van der Waals surface area contributed by atoms with Crippen LogP contribution in [0.5, 0.6) is 0 Å². The summed E-state index contributed by atoms with van der Waals surface area (Å²) in [4.78, 5) is 23.1. The first-order valence-corrected chi connectivity index (χ1v) is 6.79. The first-order chi connectivity index (χ1) is 9.82. The van der Waals surface area contributed by atoms with E-state index in [2.05, 4.69) is 9.97 Å². The maximum atomic E-state index is 11.4. The van der Waals surface area contributed by atoms with Gasteiger partial charge in [0.1, 0.15) is 11.9 Å².